The van der Waals surface area contributed by atoms with Crippen molar-refractivity contribution in [2.75, 3.05) is 19.1 Å². The van der Waals surface area contributed by atoms with E-state index in [4.69, 9.17) is 4.74 Å². The van der Waals surface area contributed by atoms with Crippen molar-refractivity contribution < 1.29 is 14.3 Å². The first-order valence-corrected chi connectivity index (χ1v) is 9.53. The summed E-state index contributed by atoms with van der Waals surface area (Å²) in [6, 6.07) is 18.5. The Kier molecular flexibility index (Phi) is 7.54. The summed E-state index contributed by atoms with van der Waals surface area (Å²) in [6.07, 6.45) is 2.50. The molecule has 2 aromatic carbocycles. The molecule has 0 aliphatic carbocycles. The minimum absolute atomic E-state index is 0.200. The lowest BCUT2D eigenvalue weighted by Gasteiger charge is -2.22. The fourth-order valence-corrected chi connectivity index (χ4v) is 3.14. The molecule has 0 heterocycles. The van der Waals surface area contributed by atoms with Crippen molar-refractivity contribution >= 4 is 23.6 Å². The summed E-state index contributed by atoms with van der Waals surface area (Å²) in [5.41, 5.74) is 1.78. The molecule has 0 saturated carbocycles. The summed E-state index contributed by atoms with van der Waals surface area (Å²) in [4.78, 5) is 25.0. The number of amides is 1. The summed E-state index contributed by atoms with van der Waals surface area (Å²) < 4.78 is 4.84. The molecule has 0 fully saturated rings. The third-order valence-electron chi connectivity index (χ3n) is 3.94. The predicted octanol–water partition coefficient (Wildman–Crippen LogP) is 3.23. The lowest BCUT2D eigenvalue weighted by Crippen LogP contribution is -2.44. The van der Waals surface area contributed by atoms with Gasteiger partial charge in [-0.05, 0) is 29.6 Å². The number of nitrogens with one attached hydrogen (secondary N) is 1. The van der Waals surface area contributed by atoms with Crippen molar-refractivity contribution in [3.8, 4) is 0 Å². The van der Waals surface area contributed by atoms with Crippen LogP contribution in [-0.4, -0.2) is 37.0 Å². The van der Waals surface area contributed by atoms with Crippen LogP contribution in [0.5, 0.6) is 0 Å². The molecular formula is C20H23NO3S. The molecule has 0 unspecified atom stereocenters. The fourth-order valence-electron chi connectivity index (χ4n) is 2.67. The maximum Gasteiger partial charge on any atom is 0.328 e. The van der Waals surface area contributed by atoms with Crippen molar-refractivity contribution in [2.24, 2.45) is 0 Å². The van der Waals surface area contributed by atoms with Gasteiger partial charge in [0, 0.05) is 0 Å². The standard InChI is InChI=1S/C20H23NO3S/c1-24-20(23)17(13-14-25-2)21-19(22)18(15-9-5-3-6-10-15)16-11-7-4-8-12-16/h3-12,17-18H,13-14H2,1-2H3,(H,21,22)/t17-/m1/s1. The van der Waals surface area contributed by atoms with E-state index in [1.807, 2.05) is 66.9 Å². The fraction of sp³-hybridized carbons (Fsp3) is 0.300. The Labute approximate surface area is 153 Å². The van der Waals surface area contributed by atoms with Crippen molar-refractivity contribution in [3.63, 3.8) is 0 Å². The number of ether oxygens (including phenoxy) is 1. The largest absolute Gasteiger partial charge is 0.467 e. The van der Waals surface area contributed by atoms with Crippen LogP contribution in [0.25, 0.3) is 0 Å². The van der Waals surface area contributed by atoms with Crippen LogP contribution in [0.15, 0.2) is 60.7 Å². The molecule has 0 spiro atoms. The van der Waals surface area contributed by atoms with E-state index in [-0.39, 0.29) is 5.91 Å². The Hall–Kier alpha value is -2.27. The maximum atomic E-state index is 13.0. The number of methoxy groups -OCH3 is 1. The third-order valence-corrected chi connectivity index (χ3v) is 4.58. The molecule has 132 valence electrons. The van der Waals surface area contributed by atoms with Gasteiger partial charge < -0.3 is 10.1 Å². The van der Waals surface area contributed by atoms with Gasteiger partial charge in [-0.1, -0.05) is 60.7 Å². The van der Waals surface area contributed by atoms with Crippen molar-refractivity contribution in [1.82, 2.24) is 5.32 Å². The molecule has 1 atom stereocenters. The number of thioether (sulfide) groups is 1. The lowest BCUT2D eigenvalue weighted by atomic mass is 9.90. The highest BCUT2D eigenvalue weighted by Gasteiger charge is 2.27. The number of benzene rings is 2. The monoisotopic (exact) mass is 357 g/mol. The predicted molar refractivity (Wildman–Crippen MR) is 102 cm³/mol. The molecule has 0 aliphatic rings. The molecule has 0 radical (unpaired) electrons. The van der Waals surface area contributed by atoms with E-state index in [2.05, 4.69) is 5.32 Å². The number of carbonyl (C=O) groups is 2. The van der Waals surface area contributed by atoms with Gasteiger partial charge in [0.15, 0.2) is 0 Å². The molecule has 1 amide bonds. The van der Waals surface area contributed by atoms with Gasteiger partial charge in [-0.15, -0.1) is 0 Å². The third kappa shape index (κ3) is 5.36. The second-order valence-electron chi connectivity index (χ2n) is 5.62. The Morgan fingerprint density at radius 2 is 1.52 bits per heavy atom. The highest BCUT2D eigenvalue weighted by Crippen LogP contribution is 2.25. The van der Waals surface area contributed by atoms with Gasteiger partial charge in [-0.3, -0.25) is 4.79 Å². The zero-order valence-electron chi connectivity index (χ0n) is 14.5. The Morgan fingerprint density at radius 3 is 1.96 bits per heavy atom. The molecule has 0 bridgehead atoms. The van der Waals surface area contributed by atoms with E-state index in [9.17, 15) is 9.59 Å². The average molecular weight is 357 g/mol. The summed E-state index contributed by atoms with van der Waals surface area (Å²) in [7, 11) is 1.34. The van der Waals surface area contributed by atoms with Gasteiger partial charge in [0.1, 0.15) is 6.04 Å². The second kappa shape index (κ2) is 9.89. The van der Waals surface area contributed by atoms with E-state index in [1.54, 1.807) is 11.8 Å². The van der Waals surface area contributed by atoms with Crippen LogP contribution in [0.3, 0.4) is 0 Å². The van der Waals surface area contributed by atoms with Gasteiger partial charge in [0.2, 0.25) is 5.91 Å². The summed E-state index contributed by atoms with van der Waals surface area (Å²) >= 11 is 1.63. The van der Waals surface area contributed by atoms with Gasteiger partial charge >= 0.3 is 5.97 Å². The van der Waals surface area contributed by atoms with Crippen LogP contribution in [0.1, 0.15) is 23.5 Å². The average Bonchev–Trinajstić information content (AvgIpc) is 2.66. The topological polar surface area (TPSA) is 55.4 Å². The minimum Gasteiger partial charge on any atom is -0.467 e. The van der Waals surface area contributed by atoms with E-state index in [0.29, 0.717) is 6.42 Å². The lowest BCUT2D eigenvalue weighted by molar-refractivity contribution is -0.145. The first-order valence-electron chi connectivity index (χ1n) is 8.14. The van der Waals surface area contributed by atoms with Crippen LogP contribution in [-0.2, 0) is 14.3 Å². The molecule has 0 aliphatic heterocycles. The normalized spacial score (nSPS) is 11.8. The Morgan fingerprint density at radius 1 is 1.00 bits per heavy atom. The van der Waals surface area contributed by atoms with Crippen LogP contribution in [0.2, 0.25) is 0 Å². The SMILES string of the molecule is COC(=O)[C@@H](CCSC)NC(=O)C(c1ccccc1)c1ccccc1. The van der Waals surface area contributed by atoms with E-state index in [0.717, 1.165) is 16.9 Å². The molecule has 2 rings (SSSR count). The molecule has 25 heavy (non-hydrogen) atoms. The first-order chi connectivity index (χ1) is 12.2. The second-order valence-corrected chi connectivity index (χ2v) is 6.61. The van der Waals surface area contributed by atoms with E-state index < -0.39 is 17.9 Å². The Balaban J connectivity index is 2.27. The highest BCUT2D eigenvalue weighted by molar-refractivity contribution is 7.98. The zero-order chi connectivity index (χ0) is 18.1. The van der Waals surface area contributed by atoms with Crippen LogP contribution in [0.4, 0.5) is 0 Å². The number of carbonyl (C=O) groups excluding carboxylic acids is 2. The number of esters is 1. The summed E-state index contributed by atoms with van der Waals surface area (Å²) in [6.45, 7) is 0. The number of hydrogen-bond acceptors (Lipinski definition) is 4. The van der Waals surface area contributed by atoms with Crippen molar-refractivity contribution in [2.45, 2.75) is 18.4 Å². The first kappa shape index (κ1) is 19.1. The van der Waals surface area contributed by atoms with Crippen molar-refractivity contribution in [1.29, 1.82) is 0 Å². The van der Waals surface area contributed by atoms with E-state index in [1.165, 1.54) is 7.11 Å². The molecule has 0 aromatic heterocycles. The van der Waals surface area contributed by atoms with Crippen molar-refractivity contribution in [3.05, 3.63) is 71.8 Å². The van der Waals surface area contributed by atoms with Crippen LogP contribution in [0, 0.1) is 0 Å². The quantitative estimate of drug-likeness (QED) is 0.737. The van der Waals surface area contributed by atoms with Gasteiger partial charge in [0.25, 0.3) is 0 Å². The summed E-state index contributed by atoms with van der Waals surface area (Å²) in [5.74, 6) is -0.318. The number of hydrogen-bond donors (Lipinski definition) is 1. The van der Waals surface area contributed by atoms with Gasteiger partial charge in [-0.2, -0.15) is 11.8 Å². The number of rotatable bonds is 8. The molecular weight excluding hydrogens is 334 g/mol. The molecule has 0 saturated heterocycles. The van der Waals surface area contributed by atoms with Gasteiger partial charge in [0.05, 0.1) is 13.0 Å². The zero-order valence-corrected chi connectivity index (χ0v) is 15.3. The molecule has 1 N–H and O–H groups in total. The van der Waals surface area contributed by atoms with Crippen LogP contribution >= 0.6 is 11.8 Å². The molecule has 5 heteroatoms. The highest BCUT2D eigenvalue weighted by atomic mass is 32.2. The molecule has 4 nitrogen and oxygen atoms in total. The smallest absolute Gasteiger partial charge is 0.328 e. The van der Waals surface area contributed by atoms with Gasteiger partial charge in [-0.25, -0.2) is 4.79 Å². The van der Waals surface area contributed by atoms with E-state index >= 15 is 0 Å². The maximum absolute atomic E-state index is 13.0. The Bertz CT molecular complexity index is 636. The van der Waals surface area contributed by atoms with Crippen LogP contribution < -0.4 is 5.32 Å². The summed E-state index contributed by atoms with van der Waals surface area (Å²) in [5, 5.41) is 2.87. The molecule has 2 aromatic rings. The minimum atomic E-state index is -0.639.